The van der Waals surface area contributed by atoms with Crippen LogP contribution in [0.2, 0.25) is 0 Å². The summed E-state index contributed by atoms with van der Waals surface area (Å²) in [6.45, 7) is 5.73. The molecule has 1 rings (SSSR count). The highest BCUT2D eigenvalue weighted by atomic mass is 32.1. The minimum absolute atomic E-state index is 0.411. The average molecular weight is 282 g/mol. The number of nitrogens with zero attached hydrogens (tertiary/aromatic N) is 2. The number of hydrogen-bond donors (Lipinski definition) is 3. The van der Waals surface area contributed by atoms with Crippen LogP contribution in [0.3, 0.4) is 0 Å². The van der Waals surface area contributed by atoms with Crippen LogP contribution in [-0.2, 0) is 0 Å². The largest absolute Gasteiger partial charge is 0.315 e. The van der Waals surface area contributed by atoms with Crippen molar-refractivity contribution in [2.24, 2.45) is 0 Å². The molecule has 0 aliphatic heterocycles. The molecule has 3 N–H and O–H groups in total. The minimum atomic E-state index is 0.411. The maximum absolute atomic E-state index is 8.01. The van der Waals surface area contributed by atoms with Crippen molar-refractivity contribution < 1.29 is 4.48 Å². The van der Waals surface area contributed by atoms with E-state index in [2.05, 4.69) is 24.8 Å². The first kappa shape index (κ1) is 15.8. The fourth-order valence-corrected chi connectivity index (χ4v) is 1.96. The van der Waals surface area contributed by atoms with Gasteiger partial charge in [-0.3, -0.25) is 9.89 Å². The third-order valence-corrected chi connectivity index (χ3v) is 3.66. The van der Waals surface area contributed by atoms with Gasteiger partial charge in [0.15, 0.2) is 0 Å². The van der Waals surface area contributed by atoms with Crippen LogP contribution in [0.25, 0.3) is 0 Å². The van der Waals surface area contributed by atoms with Gasteiger partial charge in [0.1, 0.15) is 5.49 Å². The lowest BCUT2D eigenvalue weighted by atomic mass is 10.2. The van der Waals surface area contributed by atoms with Gasteiger partial charge in [0.25, 0.3) is 5.11 Å². The summed E-state index contributed by atoms with van der Waals surface area (Å²) >= 11 is 5.47. The Bertz CT molecular complexity index is 518. The molecular weight excluding hydrogens is 258 g/mol. The number of pyridine rings is 1. The molecule has 106 valence electrons. The number of thiocarbonyl (C=S) groups is 1. The van der Waals surface area contributed by atoms with Crippen LogP contribution < -0.4 is 16.2 Å². The van der Waals surface area contributed by atoms with Gasteiger partial charge in [-0.1, -0.05) is 0 Å². The maximum Gasteiger partial charge on any atom is 0.288 e. The van der Waals surface area contributed by atoms with E-state index in [4.69, 9.17) is 17.6 Å². The zero-order chi connectivity index (χ0) is 14.6. The molecule has 0 aromatic carbocycles. The van der Waals surface area contributed by atoms with Crippen LogP contribution in [0.5, 0.6) is 0 Å². The van der Waals surface area contributed by atoms with Crippen molar-refractivity contribution in [2.75, 3.05) is 39.7 Å². The fourth-order valence-electron chi connectivity index (χ4n) is 1.78. The van der Waals surface area contributed by atoms with E-state index in [-0.39, 0.29) is 0 Å². The second-order valence-corrected chi connectivity index (χ2v) is 5.71. The number of nitrogens with one attached hydrogen (secondary N) is 3. The Morgan fingerprint density at radius 2 is 2.00 bits per heavy atom. The molecule has 0 bridgehead atoms. The molecule has 0 aliphatic rings. The quantitative estimate of drug-likeness (QED) is 0.563. The van der Waals surface area contributed by atoms with E-state index < -0.39 is 0 Å². The minimum Gasteiger partial charge on any atom is -0.315 e. The predicted molar refractivity (Wildman–Crippen MR) is 82.6 cm³/mol. The Morgan fingerprint density at radius 1 is 1.37 bits per heavy atom. The lowest BCUT2D eigenvalue weighted by Gasteiger charge is -2.30. The van der Waals surface area contributed by atoms with Gasteiger partial charge in [-0.2, -0.15) is 0 Å². The highest BCUT2D eigenvalue weighted by molar-refractivity contribution is 7.80. The lowest BCUT2D eigenvalue weighted by molar-refractivity contribution is -0.795. The van der Waals surface area contributed by atoms with Crippen molar-refractivity contribution >= 4 is 17.3 Å². The van der Waals surface area contributed by atoms with E-state index in [0.29, 0.717) is 15.1 Å². The summed E-state index contributed by atoms with van der Waals surface area (Å²) in [6.07, 6.45) is 0. The summed E-state index contributed by atoms with van der Waals surface area (Å²) in [5, 5.41) is 11.8. The molecule has 0 atom stereocenters. The normalized spacial score (nSPS) is 11.4. The number of aryl methyl sites for hydroxylation is 2. The molecule has 6 heteroatoms. The maximum atomic E-state index is 8.01. The highest BCUT2D eigenvalue weighted by Crippen LogP contribution is 2.02. The second-order valence-electron chi connectivity index (χ2n) is 5.32. The van der Waals surface area contributed by atoms with Crippen molar-refractivity contribution in [3.8, 4) is 0 Å². The first-order valence-electron chi connectivity index (χ1n) is 6.32. The summed E-state index contributed by atoms with van der Waals surface area (Å²) in [5.74, 6) is 0. The predicted octanol–water partition coefficient (Wildman–Crippen LogP) is 0.709. The number of hydrogen-bond acceptors (Lipinski definition) is 3. The van der Waals surface area contributed by atoms with E-state index in [9.17, 15) is 0 Å². The molecule has 1 aromatic rings. The van der Waals surface area contributed by atoms with E-state index in [1.807, 2.05) is 33.0 Å². The van der Waals surface area contributed by atoms with Gasteiger partial charge in [-0.15, -0.1) is 0 Å². The van der Waals surface area contributed by atoms with Crippen LogP contribution in [0.15, 0.2) is 12.1 Å². The zero-order valence-corrected chi connectivity index (χ0v) is 13.2. The Morgan fingerprint density at radius 3 is 2.53 bits per heavy atom. The molecule has 0 unspecified atom stereocenters. The van der Waals surface area contributed by atoms with Gasteiger partial charge >= 0.3 is 0 Å². The third kappa shape index (κ3) is 4.12. The SMILES string of the molecule is CNCC[N+](C)(C)C(=S)Nn1c(C)cc(C)cc1=N. The molecule has 0 saturated carbocycles. The summed E-state index contributed by atoms with van der Waals surface area (Å²) in [4.78, 5) is 0. The second kappa shape index (κ2) is 6.27. The van der Waals surface area contributed by atoms with Gasteiger partial charge in [0.05, 0.1) is 20.6 Å². The molecule has 0 spiro atoms. The van der Waals surface area contributed by atoms with Crippen molar-refractivity contribution in [3.05, 3.63) is 28.9 Å². The summed E-state index contributed by atoms with van der Waals surface area (Å²) < 4.78 is 2.30. The monoisotopic (exact) mass is 282 g/mol. The highest BCUT2D eigenvalue weighted by Gasteiger charge is 2.22. The van der Waals surface area contributed by atoms with E-state index in [1.54, 1.807) is 4.68 Å². The van der Waals surface area contributed by atoms with Crippen LogP contribution in [0.4, 0.5) is 0 Å². The van der Waals surface area contributed by atoms with E-state index in [0.717, 1.165) is 24.3 Å². The first-order chi connectivity index (χ1) is 8.77. The van der Waals surface area contributed by atoms with Crippen LogP contribution >= 0.6 is 12.2 Å². The van der Waals surface area contributed by atoms with Gasteiger partial charge in [0.2, 0.25) is 0 Å². The van der Waals surface area contributed by atoms with Crippen LogP contribution in [-0.4, -0.2) is 48.5 Å². The number of quaternary nitrogens is 1. The Kier molecular flexibility index (Phi) is 5.22. The Hall–Kier alpha value is -1.24. The van der Waals surface area contributed by atoms with E-state index >= 15 is 0 Å². The van der Waals surface area contributed by atoms with Crippen molar-refractivity contribution in [3.63, 3.8) is 0 Å². The summed E-state index contributed by atoms with van der Waals surface area (Å²) in [7, 11) is 6.04. The van der Waals surface area contributed by atoms with Gasteiger partial charge < -0.3 is 5.32 Å². The molecule has 0 saturated heterocycles. The molecule has 0 amide bonds. The van der Waals surface area contributed by atoms with Crippen LogP contribution in [0, 0.1) is 19.3 Å². The standard InChI is InChI=1S/C13H23N5S/c1-10-8-11(2)17(12(14)9-10)16-13(19)18(4,5)7-6-15-3/h8-9,14-15H,6-7H2,1-5H3/p+1. The topological polar surface area (TPSA) is 52.8 Å². The van der Waals surface area contributed by atoms with E-state index in [1.165, 1.54) is 0 Å². The molecule has 1 heterocycles. The zero-order valence-electron chi connectivity index (χ0n) is 12.4. The molecule has 0 fully saturated rings. The van der Waals surface area contributed by atoms with Crippen molar-refractivity contribution in [1.82, 2.24) is 9.99 Å². The van der Waals surface area contributed by atoms with Crippen LogP contribution in [0.1, 0.15) is 11.3 Å². The Labute approximate surface area is 120 Å². The molecule has 5 nitrogen and oxygen atoms in total. The number of aromatic nitrogens is 1. The van der Waals surface area contributed by atoms with Gasteiger partial charge in [-0.05, 0) is 38.6 Å². The van der Waals surface area contributed by atoms with Crippen molar-refractivity contribution in [2.45, 2.75) is 13.8 Å². The number of rotatable bonds is 4. The molecular formula is C13H24N5S+. The van der Waals surface area contributed by atoms with Crippen molar-refractivity contribution in [1.29, 1.82) is 5.41 Å². The average Bonchev–Trinajstić information content (AvgIpc) is 2.30. The third-order valence-electron chi connectivity index (χ3n) is 3.07. The van der Waals surface area contributed by atoms with Gasteiger partial charge in [-0.25, -0.2) is 10.1 Å². The summed E-state index contributed by atoms with van der Waals surface area (Å²) in [6, 6.07) is 3.84. The molecule has 19 heavy (non-hydrogen) atoms. The summed E-state index contributed by atoms with van der Waals surface area (Å²) in [5.41, 5.74) is 5.62. The fraction of sp³-hybridized carbons (Fsp3) is 0.538. The Balaban J connectivity index is 2.91. The molecule has 0 radical (unpaired) electrons. The molecule has 1 aromatic heterocycles. The number of likely N-dealkylation sites (N-methyl/N-ethyl adjacent to an activating group) is 2. The first-order valence-corrected chi connectivity index (χ1v) is 6.73. The van der Waals surface area contributed by atoms with Gasteiger partial charge in [0, 0.05) is 24.5 Å². The molecule has 0 aliphatic carbocycles. The smallest absolute Gasteiger partial charge is 0.288 e. The lowest BCUT2D eigenvalue weighted by Crippen LogP contribution is -2.54.